The molecule has 2 aromatic carbocycles. The summed E-state index contributed by atoms with van der Waals surface area (Å²) in [5.41, 5.74) is 1.40. The number of hydrogen-bond donors (Lipinski definition) is 4. The minimum Gasteiger partial charge on any atom is -0.507 e. The van der Waals surface area contributed by atoms with Crippen molar-refractivity contribution in [2.45, 2.75) is 25.1 Å². The lowest BCUT2D eigenvalue weighted by Gasteiger charge is -2.24. The van der Waals surface area contributed by atoms with Gasteiger partial charge in [0.1, 0.15) is 17.4 Å². The Morgan fingerprint density at radius 2 is 1.94 bits per heavy atom. The molecule has 178 valence electrons. The van der Waals surface area contributed by atoms with E-state index in [-0.39, 0.29) is 29.0 Å². The van der Waals surface area contributed by atoms with Gasteiger partial charge >= 0.3 is 6.18 Å². The van der Waals surface area contributed by atoms with Crippen LogP contribution in [0.3, 0.4) is 0 Å². The van der Waals surface area contributed by atoms with Crippen LogP contribution in [0.4, 0.5) is 19.1 Å². The molecule has 1 atom stereocenters. The predicted octanol–water partition coefficient (Wildman–Crippen LogP) is 5.05. The van der Waals surface area contributed by atoms with Gasteiger partial charge in [-0.15, -0.1) is 0 Å². The normalized spacial score (nSPS) is 16.2. The number of rotatable bonds is 4. The van der Waals surface area contributed by atoms with Crippen molar-refractivity contribution < 1.29 is 18.3 Å². The maximum atomic E-state index is 13.9. The lowest BCUT2D eigenvalue weighted by Crippen LogP contribution is -2.38. The fourth-order valence-electron chi connectivity index (χ4n) is 4.33. The molecule has 0 aliphatic carbocycles. The maximum Gasteiger partial charge on any atom is 0.419 e. The Balaban J connectivity index is 1.56. The van der Waals surface area contributed by atoms with Gasteiger partial charge in [0.25, 0.3) is 0 Å². The summed E-state index contributed by atoms with van der Waals surface area (Å²) >= 11 is 0. The molecule has 3 heterocycles. The van der Waals surface area contributed by atoms with Gasteiger partial charge in [0.15, 0.2) is 0 Å². The largest absolute Gasteiger partial charge is 0.507 e. The number of hydrogen-bond acceptors (Lipinski definition) is 6. The number of piperidine rings is 1. The van der Waals surface area contributed by atoms with Crippen LogP contribution >= 0.6 is 0 Å². The molecule has 10 heteroatoms. The summed E-state index contributed by atoms with van der Waals surface area (Å²) in [6.07, 6.45) is -0.437. The first-order valence-electron chi connectivity index (χ1n) is 11.1. The Bertz CT molecular complexity index is 1430. The van der Waals surface area contributed by atoms with Gasteiger partial charge < -0.3 is 20.7 Å². The Hall–Kier alpha value is -4.10. The van der Waals surface area contributed by atoms with Crippen molar-refractivity contribution in [1.82, 2.24) is 20.3 Å². The molecular weight excluding hydrogens is 457 g/mol. The molecular formula is C25H21F3N6O. The second-order valence-electron chi connectivity index (χ2n) is 8.45. The SMILES string of the molecule is N#Cc1cc(-c2ccc3c(-c4nc(N[C@H]5CCCNC5)ncc4C(F)(F)F)c[nH]c3c2)ccc1O. The van der Waals surface area contributed by atoms with Gasteiger partial charge in [-0.25, -0.2) is 9.97 Å². The van der Waals surface area contributed by atoms with Crippen LogP contribution in [0, 0.1) is 11.3 Å². The van der Waals surface area contributed by atoms with Crippen LogP contribution < -0.4 is 10.6 Å². The summed E-state index contributed by atoms with van der Waals surface area (Å²) in [5.74, 6) is 0.0390. The Labute approximate surface area is 198 Å². The van der Waals surface area contributed by atoms with Crippen molar-refractivity contribution >= 4 is 16.9 Å². The van der Waals surface area contributed by atoms with E-state index in [1.165, 1.54) is 12.3 Å². The molecule has 0 bridgehead atoms. The molecule has 7 nitrogen and oxygen atoms in total. The second-order valence-corrected chi connectivity index (χ2v) is 8.45. The smallest absolute Gasteiger partial charge is 0.419 e. The fourth-order valence-corrected chi connectivity index (χ4v) is 4.33. The zero-order chi connectivity index (χ0) is 24.6. The molecule has 1 aliphatic heterocycles. The van der Waals surface area contributed by atoms with E-state index >= 15 is 0 Å². The molecule has 5 rings (SSSR count). The van der Waals surface area contributed by atoms with Gasteiger partial charge in [-0.2, -0.15) is 18.4 Å². The van der Waals surface area contributed by atoms with E-state index in [0.29, 0.717) is 28.6 Å². The molecule has 0 amide bonds. The Kier molecular flexibility index (Phi) is 5.78. The zero-order valence-corrected chi connectivity index (χ0v) is 18.4. The number of benzene rings is 2. The van der Waals surface area contributed by atoms with E-state index in [9.17, 15) is 23.5 Å². The van der Waals surface area contributed by atoms with Crippen molar-refractivity contribution in [3.63, 3.8) is 0 Å². The zero-order valence-electron chi connectivity index (χ0n) is 18.4. The van der Waals surface area contributed by atoms with Gasteiger partial charge in [-0.1, -0.05) is 18.2 Å². The number of fused-ring (bicyclic) bond motifs is 1. The number of aromatic nitrogens is 3. The average molecular weight is 478 g/mol. The highest BCUT2D eigenvalue weighted by atomic mass is 19.4. The van der Waals surface area contributed by atoms with Crippen LogP contribution in [-0.4, -0.2) is 39.2 Å². The fraction of sp³-hybridized carbons (Fsp3) is 0.240. The van der Waals surface area contributed by atoms with Gasteiger partial charge in [-0.3, -0.25) is 0 Å². The van der Waals surface area contributed by atoms with Crippen molar-refractivity contribution in [2.75, 3.05) is 18.4 Å². The molecule has 1 saturated heterocycles. The van der Waals surface area contributed by atoms with E-state index < -0.39 is 11.7 Å². The Morgan fingerprint density at radius 1 is 1.14 bits per heavy atom. The number of aromatic hydroxyl groups is 1. The minimum absolute atomic E-state index is 0.0440. The number of aromatic amines is 1. The van der Waals surface area contributed by atoms with Gasteiger partial charge in [-0.05, 0) is 48.7 Å². The average Bonchev–Trinajstić information content (AvgIpc) is 3.27. The van der Waals surface area contributed by atoms with Crippen LogP contribution in [0.5, 0.6) is 5.75 Å². The molecule has 4 N–H and O–H groups in total. The monoisotopic (exact) mass is 478 g/mol. The quantitative estimate of drug-likeness (QED) is 0.327. The van der Waals surface area contributed by atoms with Crippen molar-refractivity contribution in [3.05, 3.63) is 59.9 Å². The molecule has 0 radical (unpaired) electrons. The minimum atomic E-state index is -4.62. The summed E-state index contributed by atoms with van der Waals surface area (Å²) in [6, 6.07) is 11.9. The van der Waals surface area contributed by atoms with Crippen LogP contribution in [0.15, 0.2) is 48.8 Å². The Morgan fingerprint density at radius 3 is 2.69 bits per heavy atom. The number of phenols is 1. The van der Waals surface area contributed by atoms with Crippen molar-refractivity contribution in [1.29, 1.82) is 5.26 Å². The van der Waals surface area contributed by atoms with E-state index in [2.05, 4.69) is 25.6 Å². The molecule has 1 aliphatic rings. The second kappa shape index (κ2) is 8.92. The standard InChI is InChI=1S/C25H21F3N6O/c26-25(27,28)20-13-32-24(33-17-2-1-7-30-11-17)34-23(20)19-12-31-21-9-15(3-5-18(19)21)14-4-6-22(35)16(8-14)10-29/h3-6,8-9,12-13,17,30-31,35H,1-2,7,11H2,(H,32,33,34)/t17-/m0/s1. The topological polar surface area (TPSA) is 110 Å². The molecule has 1 fully saturated rings. The van der Waals surface area contributed by atoms with E-state index in [0.717, 1.165) is 31.1 Å². The van der Waals surface area contributed by atoms with Crippen LogP contribution in [-0.2, 0) is 6.18 Å². The number of nitrogens with one attached hydrogen (secondary N) is 3. The molecule has 35 heavy (non-hydrogen) atoms. The summed E-state index contributed by atoms with van der Waals surface area (Å²) in [7, 11) is 0. The van der Waals surface area contributed by atoms with E-state index in [1.54, 1.807) is 30.3 Å². The van der Waals surface area contributed by atoms with Crippen LogP contribution in [0.1, 0.15) is 24.0 Å². The van der Waals surface area contributed by atoms with Gasteiger partial charge in [0, 0.05) is 41.4 Å². The summed E-state index contributed by atoms with van der Waals surface area (Å²) in [6.45, 7) is 1.61. The first kappa shape index (κ1) is 22.7. The highest BCUT2D eigenvalue weighted by Gasteiger charge is 2.36. The number of anilines is 1. The molecule has 2 aromatic heterocycles. The first-order valence-corrected chi connectivity index (χ1v) is 11.1. The maximum absolute atomic E-state index is 13.9. The molecule has 0 spiro atoms. The van der Waals surface area contributed by atoms with E-state index in [4.69, 9.17) is 0 Å². The summed E-state index contributed by atoms with van der Waals surface area (Å²) in [4.78, 5) is 11.3. The molecule has 0 saturated carbocycles. The predicted molar refractivity (Wildman–Crippen MR) is 126 cm³/mol. The highest BCUT2D eigenvalue weighted by Crippen LogP contribution is 2.39. The number of alkyl halides is 3. The highest BCUT2D eigenvalue weighted by molar-refractivity contribution is 5.97. The van der Waals surface area contributed by atoms with Crippen molar-refractivity contribution in [2.24, 2.45) is 0 Å². The lowest BCUT2D eigenvalue weighted by molar-refractivity contribution is -0.137. The molecule has 0 unspecified atom stereocenters. The van der Waals surface area contributed by atoms with E-state index in [1.807, 2.05) is 6.07 Å². The van der Waals surface area contributed by atoms with Crippen molar-refractivity contribution in [3.8, 4) is 34.2 Å². The third-order valence-corrected chi connectivity index (χ3v) is 6.11. The summed E-state index contributed by atoms with van der Waals surface area (Å²) in [5, 5.41) is 25.9. The van der Waals surface area contributed by atoms with Gasteiger partial charge in [0.2, 0.25) is 5.95 Å². The number of nitriles is 1. The summed E-state index contributed by atoms with van der Waals surface area (Å²) < 4.78 is 41.6. The van der Waals surface area contributed by atoms with Gasteiger partial charge in [0.05, 0.1) is 11.3 Å². The number of phenolic OH excluding ortho intramolecular Hbond substituents is 1. The molecule has 4 aromatic rings. The number of H-pyrrole nitrogens is 1. The van der Waals surface area contributed by atoms with Crippen LogP contribution in [0.25, 0.3) is 33.3 Å². The number of halogens is 3. The van der Waals surface area contributed by atoms with Crippen LogP contribution in [0.2, 0.25) is 0 Å². The third kappa shape index (κ3) is 4.50. The first-order chi connectivity index (χ1) is 16.8. The number of nitrogens with zero attached hydrogens (tertiary/aromatic N) is 3. The lowest BCUT2D eigenvalue weighted by atomic mass is 10.00. The third-order valence-electron chi connectivity index (χ3n) is 6.11.